The van der Waals surface area contributed by atoms with Crippen LogP contribution in [0, 0.1) is 13.8 Å². The highest BCUT2D eigenvalue weighted by Gasteiger charge is 2.35. The number of hydrogen-bond donors (Lipinski definition) is 2. The Kier molecular flexibility index (Phi) is 12.9. The fraction of sp³-hybridized carbons (Fsp3) is 0.593. The van der Waals surface area contributed by atoms with Gasteiger partial charge in [0, 0.05) is 13.1 Å². The van der Waals surface area contributed by atoms with Crippen LogP contribution in [-0.2, 0) is 14.3 Å². The van der Waals surface area contributed by atoms with Crippen molar-refractivity contribution >= 4 is 29.7 Å². The molecule has 0 fully saturated rings. The van der Waals surface area contributed by atoms with Crippen molar-refractivity contribution < 1.29 is 19.1 Å². The third-order valence-electron chi connectivity index (χ3n) is 5.44. The first kappa shape index (κ1) is 30.6. The van der Waals surface area contributed by atoms with Crippen LogP contribution in [0.15, 0.2) is 30.9 Å². The van der Waals surface area contributed by atoms with E-state index in [1.807, 2.05) is 38.3 Å². The fourth-order valence-electron chi connectivity index (χ4n) is 3.50. The average molecular weight is 506 g/mol. The number of unbranched alkanes of at least 4 members (excludes halogenated alkanes) is 1. The Morgan fingerprint density at radius 1 is 1.20 bits per heavy atom. The minimum Gasteiger partial charge on any atom is -0.444 e. The summed E-state index contributed by atoms with van der Waals surface area (Å²) in [5, 5.41) is 5.71. The molecule has 0 heterocycles. The number of thioether (sulfide) groups is 1. The van der Waals surface area contributed by atoms with E-state index in [4.69, 9.17) is 4.74 Å². The Labute approximate surface area is 215 Å². The lowest BCUT2D eigenvalue weighted by atomic mass is 9.98. The van der Waals surface area contributed by atoms with Crippen molar-refractivity contribution in [3.63, 3.8) is 0 Å². The minimum atomic E-state index is -0.853. The quantitative estimate of drug-likeness (QED) is 0.293. The second-order valence-corrected chi connectivity index (χ2v) is 10.6. The number of alkyl carbamates (subject to hydrolysis) is 1. The maximum atomic E-state index is 13.9. The summed E-state index contributed by atoms with van der Waals surface area (Å²) in [5.74, 6) is 0.0574. The molecule has 0 aliphatic rings. The lowest BCUT2D eigenvalue weighted by Crippen LogP contribution is -2.53. The highest BCUT2D eigenvalue weighted by atomic mass is 32.2. The van der Waals surface area contributed by atoms with E-state index in [2.05, 4.69) is 24.1 Å². The van der Waals surface area contributed by atoms with Crippen molar-refractivity contribution in [2.45, 2.75) is 78.5 Å². The number of nitrogens with zero attached hydrogens (tertiary/aromatic N) is 1. The number of carbonyl (C=O) groups is 3. The van der Waals surface area contributed by atoms with Crippen LogP contribution in [0.1, 0.15) is 69.7 Å². The molecule has 8 heteroatoms. The van der Waals surface area contributed by atoms with Gasteiger partial charge in [0.05, 0.1) is 0 Å². The SMILES string of the molecule is C=CCN(C(=O)C(CCSC)NC(=O)OC(C)(C)C)C(C(=O)NCCCC)c1ccc(C)c(C)c1. The predicted molar refractivity (Wildman–Crippen MR) is 145 cm³/mol. The highest BCUT2D eigenvalue weighted by molar-refractivity contribution is 7.98. The molecule has 35 heavy (non-hydrogen) atoms. The van der Waals surface area contributed by atoms with Crippen LogP contribution in [-0.4, -0.2) is 59.5 Å². The molecular formula is C27H43N3O4S. The number of hydrogen-bond acceptors (Lipinski definition) is 5. The second-order valence-electron chi connectivity index (χ2n) is 9.65. The normalized spacial score (nSPS) is 12.9. The van der Waals surface area contributed by atoms with Gasteiger partial charge in [0.15, 0.2) is 0 Å². The van der Waals surface area contributed by atoms with Crippen LogP contribution in [0.5, 0.6) is 0 Å². The summed E-state index contributed by atoms with van der Waals surface area (Å²) in [6.45, 7) is 15.8. The molecule has 3 amide bonds. The topological polar surface area (TPSA) is 87.7 Å². The zero-order valence-corrected chi connectivity index (χ0v) is 23.2. The van der Waals surface area contributed by atoms with E-state index in [0.29, 0.717) is 18.7 Å². The summed E-state index contributed by atoms with van der Waals surface area (Å²) < 4.78 is 5.40. The van der Waals surface area contributed by atoms with Gasteiger partial charge in [-0.1, -0.05) is 37.6 Å². The van der Waals surface area contributed by atoms with E-state index < -0.39 is 23.8 Å². The van der Waals surface area contributed by atoms with Gasteiger partial charge in [0.2, 0.25) is 11.8 Å². The Balaban J connectivity index is 3.40. The second kappa shape index (κ2) is 14.8. The Morgan fingerprint density at radius 2 is 1.89 bits per heavy atom. The van der Waals surface area contributed by atoms with Gasteiger partial charge in [0.1, 0.15) is 17.7 Å². The minimum absolute atomic E-state index is 0.156. The summed E-state index contributed by atoms with van der Waals surface area (Å²) in [7, 11) is 0. The molecule has 1 aromatic rings. The zero-order valence-electron chi connectivity index (χ0n) is 22.4. The van der Waals surface area contributed by atoms with Gasteiger partial charge in [-0.3, -0.25) is 9.59 Å². The van der Waals surface area contributed by atoms with Crippen LogP contribution >= 0.6 is 11.8 Å². The molecule has 0 bridgehead atoms. The Hall–Kier alpha value is -2.48. The number of nitrogens with one attached hydrogen (secondary N) is 2. The summed E-state index contributed by atoms with van der Waals surface area (Å²) >= 11 is 1.58. The Morgan fingerprint density at radius 3 is 2.43 bits per heavy atom. The van der Waals surface area contributed by atoms with Crippen LogP contribution < -0.4 is 10.6 Å². The van der Waals surface area contributed by atoms with Gasteiger partial charge >= 0.3 is 6.09 Å². The van der Waals surface area contributed by atoms with Crippen molar-refractivity contribution in [1.82, 2.24) is 15.5 Å². The van der Waals surface area contributed by atoms with E-state index in [-0.39, 0.29) is 18.4 Å². The zero-order chi connectivity index (χ0) is 26.6. The number of benzene rings is 1. The smallest absolute Gasteiger partial charge is 0.408 e. The van der Waals surface area contributed by atoms with E-state index in [9.17, 15) is 14.4 Å². The maximum Gasteiger partial charge on any atom is 0.408 e. The Bertz CT molecular complexity index is 866. The lowest BCUT2D eigenvalue weighted by molar-refractivity contribution is -0.141. The first-order valence-electron chi connectivity index (χ1n) is 12.2. The predicted octanol–water partition coefficient (Wildman–Crippen LogP) is 4.92. The summed E-state index contributed by atoms with van der Waals surface area (Å²) in [4.78, 5) is 41.3. The van der Waals surface area contributed by atoms with Gasteiger partial charge in [-0.25, -0.2) is 4.79 Å². The van der Waals surface area contributed by atoms with E-state index in [1.54, 1.807) is 38.6 Å². The maximum absolute atomic E-state index is 13.9. The largest absolute Gasteiger partial charge is 0.444 e. The third-order valence-corrected chi connectivity index (χ3v) is 6.09. The van der Waals surface area contributed by atoms with Crippen LogP contribution in [0.4, 0.5) is 4.79 Å². The number of amides is 3. The summed E-state index contributed by atoms with van der Waals surface area (Å²) in [6, 6.07) is 4.09. The molecule has 0 saturated carbocycles. The first-order chi connectivity index (χ1) is 16.4. The molecule has 0 aliphatic carbocycles. The molecule has 1 rings (SSSR count). The summed E-state index contributed by atoms with van der Waals surface area (Å²) in [6.07, 6.45) is 5.08. The van der Waals surface area contributed by atoms with Gasteiger partial charge in [-0.15, -0.1) is 6.58 Å². The highest BCUT2D eigenvalue weighted by Crippen LogP contribution is 2.25. The van der Waals surface area contributed by atoms with E-state index >= 15 is 0 Å². The van der Waals surface area contributed by atoms with Gasteiger partial charge in [-0.2, -0.15) is 11.8 Å². The first-order valence-corrected chi connectivity index (χ1v) is 13.6. The molecule has 2 unspecified atom stereocenters. The standard InChI is InChI=1S/C27H43N3O4S/c1-9-11-15-28-24(31)23(21-13-12-19(3)20(4)18-21)30(16-10-2)25(32)22(14-17-35-8)29-26(33)34-27(5,6)7/h10,12-13,18,22-23H,2,9,11,14-17H2,1,3-8H3,(H,28,31)(H,29,33). The number of rotatable bonds is 13. The van der Waals surface area contributed by atoms with Gasteiger partial charge in [-0.05, 0) is 76.2 Å². The number of aryl methyl sites for hydroxylation is 2. The number of ether oxygens (including phenoxy) is 1. The van der Waals surface area contributed by atoms with Crippen molar-refractivity contribution in [2.24, 2.45) is 0 Å². The summed E-state index contributed by atoms with van der Waals surface area (Å²) in [5.41, 5.74) is 2.16. The van der Waals surface area contributed by atoms with Gasteiger partial charge in [0.25, 0.3) is 0 Å². The fourth-order valence-corrected chi connectivity index (χ4v) is 3.97. The van der Waals surface area contributed by atoms with E-state index in [0.717, 1.165) is 29.5 Å². The molecule has 0 saturated heterocycles. The average Bonchev–Trinajstić information content (AvgIpc) is 2.77. The molecular weight excluding hydrogens is 462 g/mol. The molecule has 0 aliphatic heterocycles. The van der Waals surface area contributed by atoms with Gasteiger partial charge < -0.3 is 20.3 Å². The van der Waals surface area contributed by atoms with Crippen molar-refractivity contribution in [3.05, 3.63) is 47.5 Å². The molecule has 0 radical (unpaired) electrons. The van der Waals surface area contributed by atoms with Crippen molar-refractivity contribution in [1.29, 1.82) is 0 Å². The molecule has 0 aromatic heterocycles. The monoisotopic (exact) mass is 505 g/mol. The van der Waals surface area contributed by atoms with Crippen molar-refractivity contribution in [2.75, 3.05) is 25.1 Å². The van der Waals surface area contributed by atoms with Crippen LogP contribution in [0.2, 0.25) is 0 Å². The molecule has 2 N–H and O–H groups in total. The van der Waals surface area contributed by atoms with Crippen molar-refractivity contribution in [3.8, 4) is 0 Å². The lowest BCUT2D eigenvalue weighted by Gasteiger charge is -2.34. The third kappa shape index (κ3) is 10.3. The molecule has 0 spiro atoms. The molecule has 2 atom stereocenters. The molecule has 1 aromatic carbocycles. The molecule has 7 nitrogen and oxygen atoms in total. The van der Waals surface area contributed by atoms with Crippen LogP contribution in [0.3, 0.4) is 0 Å². The van der Waals surface area contributed by atoms with Crippen LogP contribution in [0.25, 0.3) is 0 Å². The van der Waals surface area contributed by atoms with E-state index in [1.165, 1.54) is 4.90 Å². The molecule has 196 valence electrons. The number of carbonyl (C=O) groups excluding carboxylic acids is 3.